The molecule has 10 aromatic rings. The molecule has 0 aliphatic heterocycles. The molecule has 0 fully saturated rings. The fourth-order valence-electron chi connectivity index (χ4n) is 6.00. The molecule has 0 aliphatic carbocycles. The van der Waals surface area contributed by atoms with Crippen molar-refractivity contribution in [3.63, 3.8) is 0 Å². The van der Waals surface area contributed by atoms with Crippen molar-refractivity contribution in [2.24, 2.45) is 0 Å². The number of hydrogen-bond donors (Lipinski definition) is 0. The molecule has 0 amide bonds. The maximum atomic E-state index is 9.36. The number of para-hydroxylation sites is 3. The van der Waals surface area contributed by atoms with Gasteiger partial charge >= 0.3 is 0 Å². The van der Waals surface area contributed by atoms with Crippen LogP contribution in [0.4, 0.5) is 0 Å². The van der Waals surface area contributed by atoms with Gasteiger partial charge in [-0.3, -0.25) is 4.57 Å². The number of furan rings is 2. The molecule has 6 nitrogen and oxygen atoms in total. The van der Waals surface area contributed by atoms with Gasteiger partial charge in [0.15, 0.2) is 11.6 Å². The average molecular weight is 589 g/mol. The second kappa shape index (κ2) is 9.11. The van der Waals surface area contributed by atoms with E-state index in [0.717, 1.165) is 10.8 Å². The van der Waals surface area contributed by atoms with Crippen LogP contribution in [-0.4, -0.2) is 19.5 Å². The second-order valence-electron chi connectivity index (χ2n) is 10.5. The van der Waals surface area contributed by atoms with Crippen LogP contribution in [0.1, 0.15) is 13.7 Å². The van der Waals surface area contributed by atoms with Crippen LogP contribution in [0.2, 0.25) is 0 Å². The molecule has 6 aromatic carbocycles. The first kappa shape index (κ1) is 16.5. The van der Waals surface area contributed by atoms with E-state index >= 15 is 0 Å². The number of fused-ring (bicyclic) bond motifs is 10. The van der Waals surface area contributed by atoms with Gasteiger partial charge in [-0.25, -0.2) is 4.98 Å². The molecule has 210 valence electrons. The number of rotatable bonds is 3. The summed E-state index contributed by atoms with van der Waals surface area (Å²) in [5.74, 6) is 0.302. The first-order valence-electron chi connectivity index (χ1n) is 19.1. The molecule has 4 aromatic heterocycles. The summed E-state index contributed by atoms with van der Waals surface area (Å²) in [5, 5.41) is 1.56. The largest absolute Gasteiger partial charge is 0.456 e. The lowest BCUT2D eigenvalue weighted by atomic mass is 10.1. The first-order chi connectivity index (χ1) is 26.5. The van der Waals surface area contributed by atoms with Gasteiger partial charge in [0.25, 0.3) is 0 Å². The van der Waals surface area contributed by atoms with E-state index in [9.17, 15) is 2.74 Å². The van der Waals surface area contributed by atoms with Crippen LogP contribution in [0.5, 0.6) is 0 Å². The minimum Gasteiger partial charge on any atom is -0.456 e. The van der Waals surface area contributed by atoms with Gasteiger partial charge in [-0.1, -0.05) is 84.8 Å². The molecule has 4 heterocycles. The molecule has 0 radical (unpaired) electrons. The fraction of sp³-hybridized carbons (Fsp3) is 0. The Morgan fingerprint density at radius 1 is 0.489 bits per heavy atom. The van der Waals surface area contributed by atoms with Crippen molar-refractivity contribution in [1.29, 1.82) is 0 Å². The zero-order chi connectivity index (χ0) is 38.2. The van der Waals surface area contributed by atoms with Crippen LogP contribution in [-0.2, 0) is 0 Å². The maximum absolute atomic E-state index is 9.36. The standard InChI is InChI=1S/C39H22N4O2/c1-2-10-23(11-3-1)37-40-38(24-18-20-33-28(22-24)25-12-5-8-16-31(25)44-33)42-39(41-37)43-29-15-7-4-13-26(29)35-30(43)19-21-34-36(35)27-14-6-9-17-32(27)45-34/h1-22H/i4D,6D,7D,9D,13D,14D,15D,17D,19D,21D. The van der Waals surface area contributed by atoms with E-state index in [-0.39, 0.29) is 61.3 Å². The third-order valence-electron chi connectivity index (χ3n) is 7.97. The fourth-order valence-corrected chi connectivity index (χ4v) is 6.00. The molecule has 0 aliphatic rings. The number of nitrogens with zero attached hydrogens (tertiary/aromatic N) is 4. The van der Waals surface area contributed by atoms with E-state index in [1.54, 1.807) is 18.2 Å². The zero-order valence-corrected chi connectivity index (χ0v) is 23.0. The molecule has 0 unspecified atom stereocenters. The quantitative estimate of drug-likeness (QED) is 0.205. The number of hydrogen-bond acceptors (Lipinski definition) is 5. The van der Waals surface area contributed by atoms with Gasteiger partial charge in [0, 0.05) is 43.4 Å². The van der Waals surface area contributed by atoms with Crippen LogP contribution >= 0.6 is 0 Å². The Hall–Kier alpha value is -6.27. The van der Waals surface area contributed by atoms with Crippen molar-refractivity contribution in [2.75, 3.05) is 0 Å². The third-order valence-corrected chi connectivity index (χ3v) is 7.97. The van der Waals surface area contributed by atoms with Gasteiger partial charge in [0.2, 0.25) is 5.95 Å². The molecule has 0 bridgehead atoms. The van der Waals surface area contributed by atoms with Crippen LogP contribution in [0.25, 0.3) is 94.4 Å². The van der Waals surface area contributed by atoms with Crippen LogP contribution in [0.3, 0.4) is 0 Å². The van der Waals surface area contributed by atoms with Crippen molar-refractivity contribution in [1.82, 2.24) is 19.5 Å². The lowest BCUT2D eigenvalue weighted by Gasteiger charge is -2.11. The molecule has 0 atom stereocenters. The van der Waals surface area contributed by atoms with Gasteiger partial charge in [-0.15, -0.1) is 0 Å². The summed E-state index contributed by atoms with van der Waals surface area (Å²) in [4.78, 5) is 14.6. The second-order valence-corrected chi connectivity index (χ2v) is 10.5. The smallest absolute Gasteiger partial charge is 0.238 e. The molecular weight excluding hydrogens is 556 g/mol. The molecular formula is C39H22N4O2. The van der Waals surface area contributed by atoms with Crippen LogP contribution in [0, 0.1) is 0 Å². The van der Waals surface area contributed by atoms with E-state index in [4.69, 9.17) is 34.8 Å². The van der Waals surface area contributed by atoms with Gasteiger partial charge in [0.05, 0.1) is 24.7 Å². The lowest BCUT2D eigenvalue weighted by molar-refractivity contribution is 0.668. The molecule has 0 N–H and O–H groups in total. The summed E-state index contributed by atoms with van der Waals surface area (Å²) in [6.45, 7) is 0. The van der Waals surface area contributed by atoms with Crippen molar-refractivity contribution in [3.8, 4) is 28.7 Å². The van der Waals surface area contributed by atoms with E-state index < -0.39 is 60.4 Å². The summed E-state index contributed by atoms with van der Waals surface area (Å²) >= 11 is 0. The average Bonchev–Trinajstić information content (AvgIpc) is 3.90. The Morgan fingerprint density at radius 2 is 1.22 bits per heavy atom. The normalized spacial score (nSPS) is 15.1. The molecule has 0 saturated carbocycles. The molecule has 45 heavy (non-hydrogen) atoms. The third kappa shape index (κ3) is 3.53. The topological polar surface area (TPSA) is 69.9 Å². The molecule has 10 rings (SSSR count). The van der Waals surface area contributed by atoms with Gasteiger partial charge < -0.3 is 8.83 Å². The van der Waals surface area contributed by atoms with Crippen molar-refractivity contribution in [2.45, 2.75) is 0 Å². The van der Waals surface area contributed by atoms with Crippen LogP contribution < -0.4 is 0 Å². The summed E-state index contributed by atoms with van der Waals surface area (Å²) in [6, 6.07) is 17.1. The SMILES string of the molecule is [2H]c1c([2H])c([2H])c2c(oc3c([2H])c([2H])c4c(c5c([2H])c([2H])c([2H])c([2H])c5n4-c4nc(-c5ccccc5)nc(-c5ccc6oc7ccccc7c6c5)n4)c32)c1[2H]. The maximum Gasteiger partial charge on any atom is 0.238 e. The lowest BCUT2D eigenvalue weighted by Crippen LogP contribution is -2.06. The first-order valence-corrected chi connectivity index (χ1v) is 14.1. The van der Waals surface area contributed by atoms with Crippen LogP contribution in [0.15, 0.2) is 142 Å². The minimum atomic E-state index is -0.567. The van der Waals surface area contributed by atoms with Crippen molar-refractivity contribution in [3.05, 3.63) is 133 Å². The zero-order valence-electron chi connectivity index (χ0n) is 33.0. The predicted molar refractivity (Wildman–Crippen MR) is 180 cm³/mol. The Balaban J connectivity index is 1.40. The molecule has 0 spiro atoms. The van der Waals surface area contributed by atoms with Crippen molar-refractivity contribution < 1.29 is 22.5 Å². The Kier molecular flexibility index (Phi) is 3.35. The monoisotopic (exact) mass is 588 g/mol. The summed E-state index contributed by atoms with van der Waals surface area (Å²) in [7, 11) is 0. The minimum absolute atomic E-state index is 0.00151. The highest BCUT2D eigenvalue weighted by Crippen LogP contribution is 2.41. The highest BCUT2D eigenvalue weighted by molar-refractivity contribution is 6.27. The Morgan fingerprint density at radius 3 is 2.13 bits per heavy atom. The number of aromatic nitrogens is 4. The Labute approximate surface area is 269 Å². The Bertz CT molecular complexity index is 3340. The summed E-state index contributed by atoms with van der Waals surface area (Å²) < 4.78 is 102. The van der Waals surface area contributed by atoms with Gasteiger partial charge in [-0.05, 0) is 48.4 Å². The molecule has 0 saturated heterocycles. The van der Waals surface area contributed by atoms with Crippen molar-refractivity contribution >= 4 is 65.7 Å². The van der Waals surface area contributed by atoms with E-state index in [2.05, 4.69) is 0 Å². The highest BCUT2D eigenvalue weighted by Gasteiger charge is 2.21. The van der Waals surface area contributed by atoms with Gasteiger partial charge in [-0.2, -0.15) is 9.97 Å². The van der Waals surface area contributed by atoms with E-state index in [0.29, 0.717) is 22.3 Å². The van der Waals surface area contributed by atoms with Gasteiger partial charge in [0.1, 0.15) is 22.3 Å². The van der Waals surface area contributed by atoms with E-state index in [1.807, 2.05) is 54.6 Å². The number of benzene rings is 6. The summed E-state index contributed by atoms with van der Waals surface area (Å²) in [6.07, 6.45) is 0. The summed E-state index contributed by atoms with van der Waals surface area (Å²) in [5.41, 5.74) is 1.87. The highest BCUT2D eigenvalue weighted by atomic mass is 16.3. The molecule has 6 heteroatoms. The predicted octanol–water partition coefficient (Wildman–Crippen LogP) is 10.1. The van der Waals surface area contributed by atoms with E-state index in [1.165, 1.54) is 4.57 Å².